The standard InChI is InChI=1S/C15H22FN3O3S/c1-23(21,22)19-8-4-7-18(9-10-19)12-15(20)17-11-13-5-2-3-6-14(13)16/h2-3,5-6H,4,7-12H2,1H3,(H,17,20). The molecule has 0 bridgehead atoms. The summed E-state index contributed by atoms with van der Waals surface area (Å²) in [5, 5.41) is 2.70. The number of hydrogen-bond acceptors (Lipinski definition) is 4. The lowest BCUT2D eigenvalue weighted by atomic mass is 10.2. The highest BCUT2D eigenvalue weighted by Crippen LogP contribution is 2.07. The molecule has 1 amide bonds. The van der Waals surface area contributed by atoms with Crippen molar-refractivity contribution in [3.05, 3.63) is 35.6 Å². The van der Waals surface area contributed by atoms with Crippen LogP contribution in [0.3, 0.4) is 0 Å². The van der Waals surface area contributed by atoms with Gasteiger partial charge in [0.25, 0.3) is 0 Å². The van der Waals surface area contributed by atoms with Gasteiger partial charge < -0.3 is 5.32 Å². The first kappa shape index (κ1) is 17.8. The fourth-order valence-corrected chi connectivity index (χ4v) is 3.41. The maximum absolute atomic E-state index is 13.5. The largest absolute Gasteiger partial charge is 0.351 e. The molecule has 23 heavy (non-hydrogen) atoms. The number of benzene rings is 1. The molecule has 0 spiro atoms. The third-order valence-corrected chi connectivity index (χ3v) is 5.12. The van der Waals surface area contributed by atoms with Crippen LogP contribution in [-0.2, 0) is 21.4 Å². The van der Waals surface area contributed by atoms with Gasteiger partial charge in [-0.2, -0.15) is 0 Å². The molecule has 1 aliphatic rings. The minimum Gasteiger partial charge on any atom is -0.351 e. The van der Waals surface area contributed by atoms with E-state index in [0.717, 1.165) is 0 Å². The molecule has 6 nitrogen and oxygen atoms in total. The number of nitrogens with zero attached hydrogens (tertiary/aromatic N) is 2. The Morgan fingerprint density at radius 2 is 1.96 bits per heavy atom. The Morgan fingerprint density at radius 1 is 1.22 bits per heavy atom. The van der Waals surface area contributed by atoms with E-state index in [0.29, 0.717) is 38.2 Å². The molecular weight excluding hydrogens is 321 g/mol. The van der Waals surface area contributed by atoms with Gasteiger partial charge in [0.2, 0.25) is 15.9 Å². The minimum absolute atomic E-state index is 0.148. The van der Waals surface area contributed by atoms with Gasteiger partial charge in [-0.15, -0.1) is 0 Å². The zero-order chi connectivity index (χ0) is 16.9. The Morgan fingerprint density at radius 3 is 2.65 bits per heavy atom. The maximum atomic E-state index is 13.5. The zero-order valence-corrected chi connectivity index (χ0v) is 14.0. The number of carbonyl (C=O) groups excluding carboxylic acids is 1. The number of amides is 1. The van der Waals surface area contributed by atoms with Crippen molar-refractivity contribution in [2.75, 3.05) is 39.0 Å². The normalized spacial score (nSPS) is 17.7. The molecule has 0 atom stereocenters. The van der Waals surface area contributed by atoms with E-state index in [1.165, 1.54) is 16.6 Å². The van der Waals surface area contributed by atoms with E-state index in [4.69, 9.17) is 0 Å². The van der Waals surface area contributed by atoms with Crippen molar-refractivity contribution >= 4 is 15.9 Å². The molecule has 1 heterocycles. The molecule has 1 aliphatic heterocycles. The third-order valence-electron chi connectivity index (χ3n) is 3.82. The Hall–Kier alpha value is -1.51. The number of nitrogens with one attached hydrogen (secondary N) is 1. The monoisotopic (exact) mass is 343 g/mol. The quantitative estimate of drug-likeness (QED) is 0.841. The number of sulfonamides is 1. The highest BCUT2D eigenvalue weighted by molar-refractivity contribution is 7.88. The van der Waals surface area contributed by atoms with Crippen LogP contribution in [0.2, 0.25) is 0 Å². The van der Waals surface area contributed by atoms with Gasteiger partial charge in [0.05, 0.1) is 12.8 Å². The molecule has 1 aromatic carbocycles. The molecule has 1 saturated heterocycles. The van der Waals surface area contributed by atoms with Gasteiger partial charge in [0.1, 0.15) is 5.82 Å². The first-order valence-electron chi connectivity index (χ1n) is 7.54. The highest BCUT2D eigenvalue weighted by Gasteiger charge is 2.22. The molecule has 1 fully saturated rings. The van der Waals surface area contributed by atoms with Crippen LogP contribution in [0, 0.1) is 5.82 Å². The first-order chi connectivity index (χ1) is 10.9. The Labute approximate surface area is 136 Å². The molecule has 8 heteroatoms. The lowest BCUT2D eigenvalue weighted by Gasteiger charge is -2.20. The summed E-state index contributed by atoms with van der Waals surface area (Å²) < 4.78 is 38.0. The fraction of sp³-hybridized carbons (Fsp3) is 0.533. The van der Waals surface area contributed by atoms with Crippen LogP contribution in [0.4, 0.5) is 4.39 Å². The Balaban J connectivity index is 1.80. The van der Waals surface area contributed by atoms with E-state index in [-0.39, 0.29) is 24.8 Å². The van der Waals surface area contributed by atoms with Crippen LogP contribution in [-0.4, -0.2) is 62.5 Å². The van der Waals surface area contributed by atoms with Gasteiger partial charge in [-0.05, 0) is 19.0 Å². The van der Waals surface area contributed by atoms with Gasteiger partial charge in [0.15, 0.2) is 0 Å². The minimum atomic E-state index is -3.19. The summed E-state index contributed by atoms with van der Waals surface area (Å²) in [6.07, 6.45) is 1.89. The molecule has 128 valence electrons. The summed E-state index contributed by atoms with van der Waals surface area (Å²) in [4.78, 5) is 13.9. The van der Waals surface area contributed by atoms with Crippen molar-refractivity contribution < 1.29 is 17.6 Å². The summed E-state index contributed by atoms with van der Waals surface area (Å²) in [5.41, 5.74) is 0.444. The molecule has 0 unspecified atom stereocenters. The summed E-state index contributed by atoms with van der Waals surface area (Å²) in [6.45, 7) is 2.38. The smallest absolute Gasteiger partial charge is 0.234 e. The van der Waals surface area contributed by atoms with Crippen LogP contribution >= 0.6 is 0 Å². The van der Waals surface area contributed by atoms with E-state index in [9.17, 15) is 17.6 Å². The van der Waals surface area contributed by atoms with Crippen molar-refractivity contribution in [2.24, 2.45) is 0 Å². The van der Waals surface area contributed by atoms with Crippen molar-refractivity contribution in [2.45, 2.75) is 13.0 Å². The second-order valence-electron chi connectivity index (χ2n) is 5.66. The summed E-state index contributed by atoms with van der Waals surface area (Å²) in [5.74, 6) is -0.535. The molecule has 0 aromatic heterocycles. The lowest BCUT2D eigenvalue weighted by Crippen LogP contribution is -2.39. The van der Waals surface area contributed by atoms with E-state index >= 15 is 0 Å². The van der Waals surface area contributed by atoms with Gasteiger partial charge in [0, 0.05) is 31.7 Å². The van der Waals surface area contributed by atoms with Gasteiger partial charge >= 0.3 is 0 Å². The van der Waals surface area contributed by atoms with Crippen molar-refractivity contribution in [3.63, 3.8) is 0 Å². The third kappa shape index (κ3) is 5.56. The van der Waals surface area contributed by atoms with Crippen LogP contribution in [0.15, 0.2) is 24.3 Å². The van der Waals surface area contributed by atoms with Crippen LogP contribution in [0.25, 0.3) is 0 Å². The number of rotatable bonds is 5. The molecule has 1 aromatic rings. The molecular formula is C15H22FN3O3S. The summed E-state index contributed by atoms with van der Waals surface area (Å²) in [7, 11) is -3.19. The highest BCUT2D eigenvalue weighted by atomic mass is 32.2. The fourth-order valence-electron chi connectivity index (χ4n) is 2.53. The SMILES string of the molecule is CS(=O)(=O)N1CCCN(CC(=O)NCc2ccccc2F)CC1. The molecule has 2 rings (SSSR count). The predicted molar refractivity (Wildman–Crippen MR) is 85.7 cm³/mol. The van der Waals surface area contributed by atoms with Crippen LogP contribution in [0.1, 0.15) is 12.0 Å². The molecule has 1 N–H and O–H groups in total. The lowest BCUT2D eigenvalue weighted by molar-refractivity contribution is -0.122. The second-order valence-corrected chi connectivity index (χ2v) is 7.64. The van der Waals surface area contributed by atoms with E-state index < -0.39 is 10.0 Å². The Kier molecular flexibility index (Phi) is 6.09. The number of hydrogen-bond donors (Lipinski definition) is 1. The summed E-state index contributed by atoms with van der Waals surface area (Å²) in [6, 6.07) is 6.31. The number of carbonyl (C=O) groups is 1. The molecule has 0 saturated carbocycles. The van der Waals surface area contributed by atoms with Gasteiger partial charge in [-0.25, -0.2) is 17.1 Å². The first-order valence-corrected chi connectivity index (χ1v) is 9.38. The topological polar surface area (TPSA) is 69.7 Å². The molecule has 0 radical (unpaired) electrons. The van der Waals surface area contributed by atoms with E-state index in [1.54, 1.807) is 18.2 Å². The van der Waals surface area contributed by atoms with Crippen molar-refractivity contribution in [1.29, 1.82) is 0 Å². The van der Waals surface area contributed by atoms with E-state index in [1.807, 2.05) is 4.90 Å². The van der Waals surface area contributed by atoms with E-state index in [2.05, 4.69) is 5.32 Å². The zero-order valence-electron chi connectivity index (χ0n) is 13.2. The Bertz CT molecular complexity index is 651. The average molecular weight is 343 g/mol. The number of halogens is 1. The van der Waals surface area contributed by atoms with Crippen molar-refractivity contribution in [1.82, 2.24) is 14.5 Å². The van der Waals surface area contributed by atoms with Crippen LogP contribution < -0.4 is 5.32 Å². The maximum Gasteiger partial charge on any atom is 0.234 e. The van der Waals surface area contributed by atoms with Crippen molar-refractivity contribution in [3.8, 4) is 0 Å². The summed E-state index contributed by atoms with van der Waals surface area (Å²) >= 11 is 0. The predicted octanol–water partition coefficient (Wildman–Crippen LogP) is 0.409. The van der Waals surface area contributed by atoms with Crippen LogP contribution in [0.5, 0.6) is 0 Å². The average Bonchev–Trinajstić information content (AvgIpc) is 2.72. The van der Waals surface area contributed by atoms with Gasteiger partial charge in [-0.1, -0.05) is 18.2 Å². The second kappa shape index (κ2) is 7.85. The van der Waals surface area contributed by atoms with Gasteiger partial charge in [-0.3, -0.25) is 9.69 Å². The molecule has 0 aliphatic carbocycles.